The third-order valence-corrected chi connectivity index (χ3v) is 7.66. The number of benzene rings is 3. The van der Waals surface area contributed by atoms with E-state index in [9.17, 15) is 20.0 Å². The first-order valence-corrected chi connectivity index (χ1v) is 10.8. The van der Waals surface area contributed by atoms with Crippen LogP contribution in [0, 0.1) is 17.0 Å². The molecule has 6 heteroatoms. The maximum Gasteiger partial charge on any atom is 0.238 e. The van der Waals surface area contributed by atoms with Gasteiger partial charge in [-0.25, -0.2) is 4.90 Å². The number of amides is 2. The first-order chi connectivity index (χ1) is 15.5. The van der Waals surface area contributed by atoms with Gasteiger partial charge in [-0.1, -0.05) is 61.5 Å². The highest BCUT2D eigenvalue weighted by Crippen LogP contribution is 2.65. The molecule has 160 valence electrons. The van der Waals surface area contributed by atoms with Crippen LogP contribution in [-0.2, 0) is 15.0 Å². The fraction of sp³-hybridized carbons (Fsp3) is 0.231. The Bertz CT molecular complexity index is 1240. The van der Waals surface area contributed by atoms with Gasteiger partial charge in [0.15, 0.2) is 0 Å². The molecule has 4 aliphatic rings. The maximum atomic E-state index is 14.0. The number of nitrogens with zero attached hydrogens (tertiary/aromatic N) is 2. The van der Waals surface area contributed by atoms with Crippen LogP contribution in [0.1, 0.15) is 41.5 Å². The molecule has 0 saturated carbocycles. The van der Waals surface area contributed by atoms with Crippen molar-refractivity contribution in [3.05, 3.63) is 100 Å². The summed E-state index contributed by atoms with van der Waals surface area (Å²) in [4.78, 5) is 29.0. The summed E-state index contributed by atoms with van der Waals surface area (Å²) in [6, 6.07) is 22.3. The van der Waals surface area contributed by atoms with Crippen LogP contribution in [0.25, 0.3) is 0 Å². The fourth-order valence-corrected chi connectivity index (χ4v) is 6.54. The molecule has 3 aromatic carbocycles. The lowest BCUT2D eigenvalue weighted by Gasteiger charge is -2.54. The minimum atomic E-state index is -0.590. The van der Waals surface area contributed by atoms with Crippen LogP contribution in [-0.4, -0.2) is 17.0 Å². The Balaban J connectivity index is 1.60. The van der Waals surface area contributed by atoms with Gasteiger partial charge in [0.1, 0.15) is 0 Å². The number of hydrogen-bond donors (Lipinski definition) is 1. The molecule has 1 saturated heterocycles. The highest BCUT2D eigenvalue weighted by Gasteiger charge is 2.67. The summed E-state index contributed by atoms with van der Waals surface area (Å²) in [7, 11) is 0. The predicted octanol–water partition coefficient (Wildman–Crippen LogP) is 4.34. The van der Waals surface area contributed by atoms with E-state index in [1.54, 1.807) is 12.1 Å². The van der Waals surface area contributed by atoms with E-state index in [-0.39, 0.29) is 28.6 Å². The summed E-state index contributed by atoms with van der Waals surface area (Å²) in [5.74, 6) is -1.72. The van der Waals surface area contributed by atoms with Crippen LogP contribution in [0.2, 0.25) is 0 Å². The molecule has 1 aliphatic heterocycles. The molecule has 0 radical (unpaired) electrons. The van der Waals surface area contributed by atoms with Gasteiger partial charge in [0.2, 0.25) is 11.8 Å². The number of hydrogen-bond acceptors (Lipinski definition) is 5. The molecule has 3 aromatic rings. The molecule has 2 amide bonds. The summed E-state index contributed by atoms with van der Waals surface area (Å²) in [6.07, 6.45) is 0.687. The molecule has 32 heavy (non-hydrogen) atoms. The van der Waals surface area contributed by atoms with E-state index in [0.717, 1.165) is 22.3 Å². The second kappa shape index (κ2) is 6.51. The van der Waals surface area contributed by atoms with Crippen LogP contribution >= 0.6 is 0 Å². The van der Waals surface area contributed by atoms with Crippen molar-refractivity contribution in [2.45, 2.75) is 24.7 Å². The summed E-state index contributed by atoms with van der Waals surface area (Å²) in [5.41, 5.74) is 4.18. The zero-order valence-corrected chi connectivity index (χ0v) is 17.4. The van der Waals surface area contributed by atoms with E-state index in [1.807, 2.05) is 24.3 Å². The molecule has 1 N–H and O–H groups in total. The van der Waals surface area contributed by atoms with E-state index in [0.29, 0.717) is 12.1 Å². The number of imide groups is 1. The monoisotopic (exact) mass is 425 g/mol. The van der Waals surface area contributed by atoms with E-state index < -0.39 is 17.3 Å². The number of carbonyl (C=O) groups excluding carboxylic acids is 2. The van der Waals surface area contributed by atoms with Gasteiger partial charge in [-0.15, -0.1) is 0 Å². The molecule has 1 fully saturated rings. The SMILES string of the molecule is CCC12c3ccccc3C(c3ccccc31)[C@H]1C(=O)N(c3cccc(N([O-])O)c3)C(=O)[C@@H]12. The Morgan fingerprint density at radius 3 is 2.16 bits per heavy atom. The molecule has 7 rings (SSSR count). The fourth-order valence-electron chi connectivity index (χ4n) is 6.54. The lowest BCUT2D eigenvalue weighted by Crippen LogP contribution is -2.53. The van der Waals surface area contributed by atoms with Crippen LogP contribution in [0.4, 0.5) is 11.4 Å². The third kappa shape index (κ3) is 2.16. The largest absolute Gasteiger partial charge is 0.733 e. The van der Waals surface area contributed by atoms with Gasteiger partial charge >= 0.3 is 0 Å². The quantitative estimate of drug-likeness (QED) is 0.499. The smallest absolute Gasteiger partial charge is 0.238 e. The van der Waals surface area contributed by atoms with Crippen LogP contribution in [0.5, 0.6) is 0 Å². The van der Waals surface area contributed by atoms with Gasteiger partial charge in [-0.2, -0.15) is 0 Å². The normalized spacial score (nSPS) is 27.2. The van der Waals surface area contributed by atoms with Crippen molar-refractivity contribution in [1.29, 1.82) is 0 Å². The highest BCUT2D eigenvalue weighted by atomic mass is 16.8. The van der Waals surface area contributed by atoms with Crippen molar-refractivity contribution in [2.24, 2.45) is 11.8 Å². The summed E-state index contributed by atoms with van der Waals surface area (Å²) in [5, 5.41) is 20.5. The first kappa shape index (κ1) is 19.2. The van der Waals surface area contributed by atoms with Gasteiger partial charge in [0, 0.05) is 11.3 Å². The van der Waals surface area contributed by atoms with Crippen molar-refractivity contribution in [3.63, 3.8) is 0 Å². The molecule has 6 nitrogen and oxygen atoms in total. The van der Waals surface area contributed by atoms with E-state index in [4.69, 9.17) is 0 Å². The van der Waals surface area contributed by atoms with Crippen molar-refractivity contribution in [2.75, 3.05) is 10.1 Å². The van der Waals surface area contributed by atoms with E-state index in [1.165, 1.54) is 17.0 Å². The average Bonchev–Trinajstić information content (AvgIpc) is 3.10. The zero-order valence-electron chi connectivity index (χ0n) is 17.4. The second-order valence-electron chi connectivity index (χ2n) is 8.79. The minimum Gasteiger partial charge on any atom is -0.733 e. The van der Waals surface area contributed by atoms with Crippen molar-refractivity contribution >= 4 is 23.2 Å². The number of carbonyl (C=O) groups is 2. The van der Waals surface area contributed by atoms with Gasteiger partial charge < -0.3 is 10.4 Å². The lowest BCUT2D eigenvalue weighted by atomic mass is 9.46. The molecule has 0 spiro atoms. The van der Waals surface area contributed by atoms with Gasteiger partial charge in [-0.3, -0.25) is 14.8 Å². The van der Waals surface area contributed by atoms with Crippen molar-refractivity contribution in [3.8, 4) is 0 Å². The summed E-state index contributed by atoms with van der Waals surface area (Å²) < 4.78 is 0. The van der Waals surface area contributed by atoms with Crippen LogP contribution in [0.15, 0.2) is 72.8 Å². The molecule has 2 bridgehead atoms. The van der Waals surface area contributed by atoms with Crippen molar-refractivity contribution in [1.82, 2.24) is 0 Å². The Labute approximate surface area is 185 Å². The van der Waals surface area contributed by atoms with E-state index >= 15 is 0 Å². The molecule has 3 aliphatic carbocycles. The molecular formula is C26H21N2O4-. The number of rotatable bonds is 3. The van der Waals surface area contributed by atoms with Gasteiger partial charge in [-0.05, 0) is 46.9 Å². The molecule has 2 atom stereocenters. The van der Waals surface area contributed by atoms with E-state index in [2.05, 4.69) is 31.2 Å². The molecule has 0 aromatic heterocycles. The Kier molecular flexibility index (Phi) is 3.91. The molecular weight excluding hydrogens is 404 g/mol. The number of anilines is 2. The summed E-state index contributed by atoms with van der Waals surface area (Å²) in [6.45, 7) is 2.08. The van der Waals surface area contributed by atoms with Crippen molar-refractivity contribution < 1.29 is 14.8 Å². The standard InChI is InChI=1S/C26H21N2O4/c1-2-26-19-12-5-3-10-17(19)21(18-11-4-6-13-20(18)26)22-23(26)25(30)27(24(22)29)15-8-7-9-16(14-15)28(31)32/h3-14,21-23,31H,2H2,1H3/q-1/t21?,22-,23-,26?/m1/s1. The summed E-state index contributed by atoms with van der Waals surface area (Å²) >= 11 is 0. The lowest BCUT2D eigenvalue weighted by molar-refractivity contribution is -0.123. The Morgan fingerprint density at radius 2 is 1.56 bits per heavy atom. The first-order valence-electron chi connectivity index (χ1n) is 10.8. The zero-order chi connectivity index (χ0) is 22.2. The van der Waals surface area contributed by atoms with Crippen LogP contribution in [0.3, 0.4) is 0 Å². The predicted molar refractivity (Wildman–Crippen MR) is 119 cm³/mol. The van der Waals surface area contributed by atoms with Gasteiger partial charge in [0.05, 0.1) is 23.2 Å². The average molecular weight is 425 g/mol. The molecule has 1 heterocycles. The topological polar surface area (TPSA) is 83.9 Å². The Hall–Kier alpha value is -3.48. The third-order valence-electron chi connectivity index (χ3n) is 7.66. The van der Waals surface area contributed by atoms with Crippen LogP contribution < -0.4 is 10.1 Å². The minimum absolute atomic E-state index is 0.0299. The van der Waals surface area contributed by atoms with Gasteiger partial charge in [0.25, 0.3) is 0 Å². The second-order valence-corrected chi connectivity index (χ2v) is 8.79. The maximum absolute atomic E-state index is 14.0. The Morgan fingerprint density at radius 1 is 0.938 bits per heavy atom. The highest BCUT2D eigenvalue weighted by molar-refractivity contribution is 6.24. The molecule has 0 unspecified atom stereocenters.